The molecule has 0 aliphatic heterocycles. The van der Waals surface area contributed by atoms with Gasteiger partial charge in [-0.25, -0.2) is 22.0 Å². The Labute approximate surface area is 178 Å². The van der Waals surface area contributed by atoms with E-state index < -0.39 is 19.9 Å². The number of benzene rings is 1. The molecular weight excluding hydrogens is 456 g/mol. The molecule has 0 amide bonds. The Morgan fingerprint density at radius 3 is 2.20 bits per heavy atom. The maximum absolute atomic E-state index is 12.0. The van der Waals surface area contributed by atoms with Gasteiger partial charge in [-0.2, -0.15) is 9.97 Å². The Balaban J connectivity index is 2.26. The van der Waals surface area contributed by atoms with E-state index in [1.54, 1.807) is 12.1 Å². The smallest absolute Gasteiger partial charge is 0.240 e. The molecule has 0 radical (unpaired) electrons. The Morgan fingerprint density at radius 2 is 1.70 bits per heavy atom. The molecule has 0 bridgehead atoms. The minimum atomic E-state index is -4.04. The highest BCUT2D eigenvalue weighted by atomic mass is 35.5. The first-order chi connectivity index (χ1) is 13.9. The fourth-order valence-electron chi connectivity index (χ4n) is 2.94. The first kappa shape index (κ1) is 22.3. The summed E-state index contributed by atoms with van der Waals surface area (Å²) in [7, 11) is -4.55. The number of sulfonamides is 1. The van der Waals surface area contributed by atoms with Crippen LogP contribution in [0.4, 0.5) is 0 Å². The topological polar surface area (TPSA) is 143 Å². The van der Waals surface area contributed by atoms with Crippen molar-refractivity contribution in [3.63, 3.8) is 0 Å². The van der Waals surface area contributed by atoms with Crippen molar-refractivity contribution in [2.45, 2.75) is 11.3 Å². The molecule has 0 aliphatic rings. The van der Waals surface area contributed by atoms with E-state index in [9.17, 15) is 16.8 Å². The lowest BCUT2D eigenvalue weighted by atomic mass is 10.2. The SMILES string of the molecule is COc1nc(-n2cc(S(N)(=O)=O)c3ccc(Cl)cc32)nc(OC)c1CCS(C)(=O)=O. The van der Waals surface area contributed by atoms with Gasteiger partial charge >= 0.3 is 0 Å². The second-order valence-corrected chi connectivity index (χ2v) is 10.7. The normalized spacial score (nSPS) is 12.3. The molecule has 2 aromatic heterocycles. The predicted molar refractivity (Wildman–Crippen MR) is 112 cm³/mol. The van der Waals surface area contributed by atoms with Crippen LogP contribution in [0.5, 0.6) is 11.8 Å². The van der Waals surface area contributed by atoms with Crippen LogP contribution in [0.3, 0.4) is 0 Å². The van der Waals surface area contributed by atoms with Crippen LogP contribution in [0.2, 0.25) is 5.02 Å². The van der Waals surface area contributed by atoms with E-state index in [4.69, 9.17) is 26.2 Å². The third kappa shape index (κ3) is 4.51. The quantitative estimate of drug-likeness (QED) is 0.540. The highest BCUT2D eigenvalue weighted by Gasteiger charge is 2.23. The summed E-state index contributed by atoms with van der Waals surface area (Å²) in [6.45, 7) is 0. The van der Waals surface area contributed by atoms with Crippen molar-refractivity contribution < 1.29 is 26.3 Å². The second kappa shape index (κ2) is 8.02. The molecule has 13 heteroatoms. The fourth-order valence-corrected chi connectivity index (χ4v) is 4.41. The lowest BCUT2D eigenvalue weighted by molar-refractivity contribution is 0.362. The average molecular weight is 475 g/mol. The van der Waals surface area contributed by atoms with Crippen molar-refractivity contribution in [1.82, 2.24) is 14.5 Å². The number of rotatable bonds is 7. The van der Waals surface area contributed by atoms with Crippen LogP contribution in [0.25, 0.3) is 16.9 Å². The number of halogens is 1. The van der Waals surface area contributed by atoms with Gasteiger partial charge in [0, 0.05) is 22.9 Å². The molecule has 3 aromatic rings. The number of nitrogens with two attached hydrogens (primary N) is 1. The predicted octanol–water partition coefficient (Wildman–Crippen LogP) is 1.33. The highest BCUT2D eigenvalue weighted by Crippen LogP contribution is 2.32. The molecule has 0 saturated heterocycles. The van der Waals surface area contributed by atoms with Crippen molar-refractivity contribution in [3.05, 3.63) is 35.0 Å². The van der Waals surface area contributed by atoms with E-state index >= 15 is 0 Å². The van der Waals surface area contributed by atoms with Crippen molar-refractivity contribution in [3.8, 4) is 17.7 Å². The number of fused-ring (bicyclic) bond motifs is 1. The van der Waals surface area contributed by atoms with Gasteiger partial charge in [0.1, 0.15) is 14.7 Å². The van der Waals surface area contributed by atoms with Crippen LogP contribution in [0.1, 0.15) is 5.56 Å². The van der Waals surface area contributed by atoms with E-state index in [-0.39, 0.29) is 34.8 Å². The zero-order valence-corrected chi connectivity index (χ0v) is 18.7. The molecule has 162 valence electrons. The lowest BCUT2D eigenvalue weighted by Crippen LogP contribution is -2.12. The van der Waals surface area contributed by atoms with E-state index in [0.29, 0.717) is 21.5 Å². The summed E-state index contributed by atoms with van der Waals surface area (Å²) < 4.78 is 59.2. The summed E-state index contributed by atoms with van der Waals surface area (Å²) in [5.74, 6) is 0.0806. The molecule has 2 N–H and O–H groups in total. The summed E-state index contributed by atoms with van der Waals surface area (Å²) in [4.78, 5) is 8.52. The van der Waals surface area contributed by atoms with Gasteiger partial charge in [-0.05, 0) is 24.6 Å². The van der Waals surface area contributed by atoms with E-state index in [2.05, 4.69) is 9.97 Å². The molecule has 0 fully saturated rings. The van der Waals surface area contributed by atoms with Crippen molar-refractivity contribution >= 4 is 42.4 Å². The molecule has 0 atom stereocenters. The number of sulfone groups is 1. The Kier molecular flexibility index (Phi) is 5.96. The molecule has 2 heterocycles. The summed E-state index contributed by atoms with van der Waals surface area (Å²) in [5, 5.41) is 6.05. The molecule has 0 aliphatic carbocycles. The van der Waals surface area contributed by atoms with Gasteiger partial charge in [-0.1, -0.05) is 11.6 Å². The van der Waals surface area contributed by atoms with Crippen LogP contribution in [0.15, 0.2) is 29.3 Å². The number of hydrogen-bond acceptors (Lipinski definition) is 8. The van der Waals surface area contributed by atoms with Crippen LogP contribution in [0, 0.1) is 0 Å². The Hall–Kier alpha value is -2.41. The van der Waals surface area contributed by atoms with Gasteiger partial charge in [-0.15, -0.1) is 0 Å². The van der Waals surface area contributed by atoms with Crippen molar-refractivity contribution in [2.24, 2.45) is 5.14 Å². The monoisotopic (exact) mass is 474 g/mol. The fraction of sp³-hybridized carbons (Fsp3) is 0.294. The van der Waals surface area contributed by atoms with Gasteiger partial charge in [0.05, 0.1) is 31.1 Å². The molecule has 3 rings (SSSR count). The third-order valence-corrected chi connectivity index (χ3v) is 6.40. The summed E-state index contributed by atoms with van der Waals surface area (Å²) in [5.41, 5.74) is 0.773. The molecule has 0 saturated carbocycles. The maximum atomic E-state index is 12.0. The van der Waals surface area contributed by atoms with Gasteiger partial charge in [0.25, 0.3) is 0 Å². The summed E-state index contributed by atoms with van der Waals surface area (Å²) >= 11 is 6.09. The molecule has 1 aromatic carbocycles. The number of ether oxygens (including phenoxy) is 2. The standard InChI is InChI=1S/C17H19ClN4O6S2/c1-27-15-12(6-7-29(3,23)24)16(28-2)21-17(20-15)22-9-14(30(19,25)26)11-5-4-10(18)8-13(11)22/h4-5,8-9H,6-7H2,1-3H3,(H2,19,25,26). The van der Waals surface area contributed by atoms with Gasteiger partial charge in [0.2, 0.25) is 27.7 Å². The lowest BCUT2D eigenvalue weighted by Gasteiger charge is -2.14. The van der Waals surface area contributed by atoms with Crippen molar-refractivity contribution in [2.75, 3.05) is 26.2 Å². The van der Waals surface area contributed by atoms with Crippen LogP contribution < -0.4 is 14.6 Å². The average Bonchev–Trinajstić information content (AvgIpc) is 3.04. The van der Waals surface area contributed by atoms with Crippen LogP contribution >= 0.6 is 11.6 Å². The molecule has 30 heavy (non-hydrogen) atoms. The largest absolute Gasteiger partial charge is 0.481 e. The first-order valence-electron chi connectivity index (χ1n) is 8.45. The van der Waals surface area contributed by atoms with Gasteiger partial charge in [0.15, 0.2) is 0 Å². The van der Waals surface area contributed by atoms with E-state index in [1.807, 2.05) is 0 Å². The first-order valence-corrected chi connectivity index (χ1v) is 12.4. The molecule has 0 spiro atoms. The van der Waals surface area contributed by atoms with E-state index in [1.165, 1.54) is 31.0 Å². The molecule has 0 unspecified atom stereocenters. The minimum Gasteiger partial charge on any atom is -0.481 e. The zero-order chi connectivity index (χ0) is 22.3. The Morgan fingerprint density at radius 1 is 1.10 bits per heavy atom. The number of primary sulfonamides is 1. The Bertz CT molecular complexity index is 1310. The van der Waals surface area contributed by atoms with Crippen LogP contribution in [-0.4, -0.2) is 57.6 Å². The minimum absolute atomic E-state index is 0.0361. The number of nitrogens with zero attached hydrogens (tertiary/aromatic N) is 3. The summed E-state index contributed by atoms with van der Waals surface area (Å²) in [6, 6.07) is 4.62. The highest BCUT2D eigenvalue weighted by molar-refractivity contribution is 7.90. The molecular formula is C17H19ClN4O6S2. The van der Waals surface area contributed by atoms with Crippen molar-refractivity contribution in [1.29, 1.82) is 0 Å². The number of hydrogen-bond donors (Lipinski definition) is 1. The van der Waals surface area contributed by atoms with Gasteiger partial charge in [-0.3, -0.25) is 4.57 Å². The zero-order valence-electron chi connectivity index (χ0n) is 16.3. The molecule has 10 nitrogen and oxygen atoms in total. The van der Waals surface area contributed by atoms with Gasteiger partial charge < -0.3 is 9.47 Å². The van der Waals surface area contributed by atoms with E-state index in [0.717, 1.165) is 6.26 Å². The number of aromatic nitrogens is 3. The van der Waals surface area contributed by atoms with Crippen LogP contribution in [-0.2, 0) is 26.3 Å². The summed E-state index contributed by atoms with van der Waals surface area (Å²) in [6.07, 6.45) is 2.47. The second-order valence-electron chi connectivity index (χ2n) is 6.47. The third-order valence-electron chi connectivity index (χ3n) is 4.28. The maximum Gasteiger partial charge on any atom is 0.240 e. The number of methoxy groups -OCH3 is 2.